The molecule has 4 aromatic heterocycles. The summed E-state index contributed by atoms with van der Waals surface area (Å²) in [6.07, 6.45) is -2.98. The Morgan fingerprint density at radius 3 is 1.43 bits per heavy atom. The standard InChI is InChI=1S/C27H22ClF3N4O4.C25H18ClF3N4O4/c1-2-38-26(37)23-15-33-25(35-23)22-14-19(10-11-32-22)39-18-5-3-4-16(12-18)6-9-24(36)34-17-7-8-21(28)20(13-17)27(29,30)31;26-19-6-5-15(11-18(19)25(27,28)29)32-22(34)7-4-14-2-1-3-16(10-14)37-17-8-9-30-20(12-17)23-31-13-21(33-23)24(35)36/h3-5,7-8,10-15H,2,6,9H2,1H3,(H,33,35)(H,34,36);1-3,5-6,8-13H,4,7H2,(H,31,33)(H,32,34)(H,35,36). The van der Waals surface area contributed by atoms with Crippen molar-refractivity contribution in [3.8, 4) is 46.0 Å². The number of carboxylic acid groups (broad SMARTS) is 1. The summed E-state index contributed by atoms with van der Waals surface area (Å²) >= 11 is 11.2. The monoisotopic (exact) mass is 1090 g/mol. The van der Waals surface area contributed by atoms with Crippen molar-refractivity contribution in [2.75, 3.05) is 17.2 Å². The van der Waals surface area contributed by atoms with E-state index in [0.29, 0.717) is 53.1 Å². The molecule has 0 atom stereocenters. The Balaban J connectivity index is 0.000000221. The number of aromatic amines is 2. The first kappa shape index (κ1) is 55.0. The number of rotatable bonds is 17. The first-order valence-corrected chi connectivity index (χ1v) is 23.3. The van der Waals surface area contributed by atoms with Gasteiger partial charge in [0.1, 0.15) is 45.8 Å². The summed E-state index contributed by atoms with van der Waals surface area (Å²) in [4.78, 5) is 69.7. The second kappa shape index (κ2) is 24.5. The number of H-pyrrole nitrogens is 2. The van der Waals surface area contributed by atoms with E-state index >= 15 is 0 Å². The Morgan fingerprint density at radius 2 is 1.01 bits per heavy atom. The molecule has 24 heteroatoms. The molecule has 4 aromatic carbocycles. The zero-order chi connectivity index (χ0) is 54.6. The minimum Gasteiger partial charge on any atom is -0.477 e. The van der Waals surface area contributed by atoms with Crippen LogP contribution in [0.1, 0.15) is 63.0 Å². The minimum absolute atomic E-state index is 0.000618. The zero-order valence-corrected chi connectivity index (χ0v) is 40.9. The minimum atomic E-state index is -4.63. The van der Waals surface area contributed by atoms with E-state index in [1.165, 1.54) is 36.9 Å². The van der Waals surface area contributed by atoms with Crippen molar-refractivity contribution in [3.63, 3.8) is 0 Å². The van der Waals surface area contributed by atoms with E-state index in [1.54, 1.807) is 73.7 Å². The molecule has 0 bridgehead atoms. The lowest BCUT2D eigenvalue weighted by Gasteiger charge is -2.12. The maximum absolute atomic E-state index is 13.1. The van der Waals surface area contributed by atoms with Gasteiger partial charge >= 0.3 is 24.3 Å². The van der Waals surface area contributed by atoms with Gasteiger partial charge in [-0.25, -0.2) is 19.6 Å². The predicted molar refractivity (Wildman–Crippen MR) is 266 cm³/mol. The van der Waals surface area contributed by atoms with Gasteiger partial charge in [0, 0.05) is 48.7 Å². The second-order valence-corrected chi connectivity index (χ2v) is 16.9. The maximum atomic E-state index is 13.1. The number of hydrogen-bond acceptors (Lipinski definition) is 11. The number of alkyl halides is 6. The van der Waals surface area contributed by atoms with Crippen molar-refractivity contribution >= 4 is 58.3 Å². The van der Waals surface area contributed by atoms with E-state index in [1.807, 2.05) is 6.07 Å². The van der Waals surface area contributed by atoms with E-state index in [2.05, 4.69) is 40.5 Å². The van der Waals surface area contributed by atoms with Crippen molar-refractivity contribution in [1.29, 1.82) is 0 Å². The number of nitrogens with zero attached hydrogens (tertiary/aromatic N) is 4. The third-order valence-electron chi connectivity index (χ3n) is 10.5. The quantitative estimate of drug-likeness (QED) is 0.0424. The highest BCUT2D eigenvalue weighted by Crippen LogP contribution is 2.38. The van der Waals surface area contributed by atoms with Crippen LogP contribution in [0.5, 0.6) is 23.0 Å². The SMILES string of the molecule is CCOC(=O)c1cnc(-c2cc(Oc3cccc(CCC(=O)Nc4ccc(Cl)c(C(F)(F)F)c4)c3)ccn2)[nH]1.O=C(CCc1cccc(Oc2ccnc(-c3ncc(C(=O)O)[nH]3)c2)c1)Nc1ccc(Cl)c(C(F)(F)F)c1. The molecule has 0 saturated carbocycles. The summed E-state index contributed by atoms with van der Waals surface area (Å²) in [6.45, 7) is 1.95. The number of benzene rings is 4. The Labute approximate surface area is 437 Å². The van der Waals surface area contributed by atoms with Gasteiger partial charge in [-0.1, -0.05) is 47.5 Å². The van der Waals surface area contributed by atoms with E-state index in [0.717, 1.165) is 35.4 Å². The molecule has 392 valence electrons. The highest BCUT2D eigenvalue weighted by atomic mass is 35.5. The van der Waals surface area contributed by atoms with Crippen molar-refractivity contribution in [2.24, 2.45) is 0 Å². The normalized spacial score (nSPS) is 11.2. The average molecular weight is 1090 g/mol. The zero-order valence-electron chi connectivity index (χ0n) is 39.4. The van der Waals surface area contributed by atoms with Crippen LogP contribution in [0, 0.1) is 0 Å². The van der Waals surface area contributed by atoms with Crippen LogP contribution in [-0.2, 0) is 39.5 Å². The molecule has 0 aliphatic heterocycles. The Kier molecular flexibility index (Phi) is 17.7. The lowest BCUT2D eigenvalue weighted by atomic mass is 10.1. The number of pyridine rings is 2. The number of amides is 2. The number of carbonyl (C=O) groups excluding carboxylic acids is 3. The molecular formula is C52H40Cl2F6N8O8. The topological polar surface area (TPSA) is 223 Å². The largest absolute Gasteiger partial charge is 0.477 e. The summed E-state index contributed by atoms with van der Waals surface area (Å²) in [5, 5.41) is 13.1. The summed E-state index contributed by atoms with van der Waals surface area (Å²) in [7, 11) is 0. The number of carboxylic acids is 1. The molecular weight excluding hydrogens is 1050 g/mol. The van der Waals surface area contributed by atoms with Gasteiger partial charge in [0.15, 0.2) is 11.6 Å². The van der Waals surface area contributed by atoms with Gasteiger partial charge < -0.3 is 39.9 Å². The molecule has 2 amide bonds. The highest BCUT2D eigenvalue weighted by molar-refractivity contribution is 6.32. The number of halogens is 8. The van der Waals surface area contributed by atoms with Crippen LogP contribution >= 0.6 is 23.2 Å². The Hall–Kier alpha value is -8.76. The van der Waals surface area contributed by atoms with Crippen molar-refractivity contribution in [1.82, 2.24) is 29.9 Å². The number of esters is 1. The van der Waals surface area contributed by atoms with Crippen molar-refractivity contribution in [3.05, 3.63) is 178 Å². The molecule has 0 radical (unpaired) electrons. The molecule has 0 fully saturated rings. The first-order chi connectivity index (χ1) is 36.2. The van der Waals surface area contributed by atoms with Crippen LogP contribution in [0.4, 0.5) is 37.7 Å². The van der Waals surface area contributed by atoms with Gasteiger partial charge in [-0.2, -0.15) is 26.3 Å². The third-order valence-corrected chi connectivity index (χ3v) is 11.1. The fourth-order valence-corrected chi connectivity index (χ4v) is 7.39. The molecule has 16 nitrogen and oxygen atoms in total. The number of aromatic carboxylic acids is 1. The van der Waals surface area contributed by atoms with Crippen LogP contribution in [0.2, 0.25) is 10.0 Å². The van der Waals surface area contributed by atoms with E-state index in [4.69, 9.17) is 42.5 Å². The van der Waals surface area contributed by atoms with Gasteiger partial charge in [-0.15, -0.1) is 0 Å². The molecule has 0 spiro atoms. The van der Waals surface area contributed by atoms with Gasteiger partial charge in [-0.3, -0.25) is 19.6 Å². The number of hydrogen-bond donors (Lipinski definition) is 5. The van der Waals surface area contributed by atoms with E-state index < -0.39 is 57.3 Å². The molecule has 5 N–H and O–H groups in total. The van der Waals surface area contributed by atoms with Crippen LogP contribution in [0.15, 0.2) is 134 Å². The lowest BCUT2D eigenvalue weighted by Crippen LogP contribution is -2.14. The number of aryl methyl sites for hydroxylation is 2. The van der Waals surface area contributed by atoms with Crippen molar-refractivity contribution < 1.29 is 64.8 Å². The van der Waals surface area contributed by atoms with E-state index in [9.17, 15) is 45.5 Å². The fraction of sp³-hybridized carbons (Fsp3) is 0.154. The summed E-state index contributed by atoms with van der Waals surface area (Å²) in [5.74, 6) is -0.0573. The molecule has 76 heavy (non-hydrogen) atoms. The van der Waals surface area contributed by atoms with Crippen LogP contribution in [0.3, 0.4) is 0 Å². The number of imidazole rings is 2. The highest BCUT2D eigenvalue weighted by Gasteiger charge is 2.34. The number of aromatic nitrogens is 6. The maximum Gasteiger partial charge on any atom is 0.417 e. The number of anilines is 2. The fourth-order valence-electron chi connectivity index (χ4n) is 6.94. The molecule has 0 aliphatic rings. The van der Waals surface area contributed by atoms with Gasteiger partial charge in [0.05, 0.1) is 40.2 Å². The van der Waals surface area contributed by atoms with Crippen molar-refractivity contribution in [2.45, 2.75) is 45.0 Å². The van der Waals surface area contributed by atoms with Gasteiger partial charge in [0.2, 0.25) is 11.8 Å². The lowest BCUT2D eigenvalue weighted by molar-refractivity contribution is -0.138. The van der Waals surface area contributed by atoms with Crippen LogP contribution < -0.4 is 20.1 Å². The Morgan fingerprint density at radius 1 is 0.579 bits per heavy atom. The number of nitrogens with one attached hydrogen (secondary N) is 4. The molecule has 0 unspecified atom stereocenters. The smallest absolute Gasteiger partial charge is 0.417 e. The molecule has 0 saturated heterocycles. The summed E-state index contributed by atoms with van der Waals surface area (Å²) < 4.78 is 95.0. The first-order valence-electron chi connectivity index (χ1n) is 22.5. The predicted octanol–water partition coefficient (Wildman–Crippen LogP) is 12.9. The van der Waals surface area contributed by atoms with E-state index in [-0.39, 0.29) is 48.0 Å². The van der Waals surface area contributed by atoms with Gasteiger partial charge in [-0.05, 0) is 104 Å². The average Bonchev–Trinajstić information content (AvgIpc) is 4.09. The van der Waals surface area contributed by atoms with Gasteiger partial charge in [0.25, 0.3) is 0 Å². The number of ether oxygens (including phenoxy) is 3. The molecule has 8 rings (SSSR count). The second-order valence-electron chi connectivity index (χ2n) is 16.1. The Bertz CT molecular complexity index is 3390. The van der Waals surface area contributed by atoms with Crippen LogP contribution in [-0.4, -0.2) is 65.4 Å². The number of carbonyl (C=O) groups is 4. The summed E-state index contributed by atoms with van der Waals surface area (Å²) in [5.41, 5.74) is 0.488. The molecule has 4 heterocycles. The molecule has 0 aliphatic carbocycles. The van der Waals surface area contributed by atoms with Crippen LogP contribution in [0.25, 0.3) is 23.0 Å². The third kappa shape index (κ3) is 15.4. The molecule has 8 aromatic rings. The summed E-state index contributed by atoms with van der Waals surface area (Å²) in [6, 6.07) is 26.9.